The van der Waals surface area contributed by atoms with E-state index in [0.717, 1.165) is 23.8 Å². The molecule has 0 saturated carbocycles. The van der Waals surface area contributed by atoms with Crippen molar-refractivity contribution >= 4 is 22.6 Å². The van der Waals surface area contributed by atoms with Crippen molar-refractivity contribution in [3.05, 3.63) is 49.2 Å². The highest BCUT2D eigenvalue weighted by molar-refractivity contribution is 6.05. The summed E-state index contributed by atoms with van der Waals surface area (Å²) < 4.78 is 6.97. The van der Waals surface area contributed by atoms with E-state index in [9.17, 15) is 9.90 Å². The number of hydrogen-bond donors (Lipinski definition) is 2. The average Bonchev–Trinajstić information content (AvgIpc) is 2.81. The lowest BCUT2D eigenvalue weighted by Crippen LogP contribution is -2.27. The first-order valence-electron chi connectivity index (χ1n) is 8.70. The Balaban J connectivity index is 2.51. The Bertz CT molecular complexity index is 818. The van der Waals surface area contributed by atoms with E-state index in [-0.39, 0.29) is 11.8 Å². The summed E-state index contributed by atoms with van der Waals surface area (Å²) >= 11 is 0. The van der Waals surface area contributed by atoms with Gasteiger partial charge >= 0.3 is 6.09 Å². The second-order valence-corrected chi connectivity index (χ2v) is 7.43. The Kier molecular flexibility index (Phi) is 5.80. The monoisotopic (exact) mass is 356 g/mol. The van der Waals surface area contributed by atoms with Crippen molar-refractivity contribution in [1.29, 1.82) is 0 Å². The normalized spacial score (nSPS) is 11.6. The zero-order valence-electron chi connectivity index (χ0n) is 16.0. The first-order chi connectivity index (χ1) is 12.2. The molecule has 0 saturated heterocycles. The fraction of sp³-hybridized carbons (Fsp3) is 0.381. The van der Waals surface area contributed by atoms with E-state index >= 15 is 0 Å². The summed E-state index contributed by atoms with van der Waals surface area (Å²) in [6, 6.07) is 3.78. The van der Waals surface area contributed by atoms with E-state index in [1.165, 1.54) is 0 Å². The van der Waals surface area contributed by atoms with Crippen LogP contribution in [-0.2, 0) is 11.8 Å². The minimum atomic E-state index is -0.596. The lowest BCUT2D eigenvalue weighted by atomic mass is 9.89. The smallest absolute Gasteiger partial charge is 0.412 e. The summed E-state index contributed by atoms with van der Waals surface area (Å²) in [6.07, 6.45) is 6.69. The minimum Gasteiger partial charge on any atom is -0.494 e. The van der Waals surface area contributed by atoms with E-state index in [1.807, 2.05) is 24.4 Å². The van der Waals surface area contributed by atoms with E-state index in [1.54, 1.807) is 38.5 Å². The maximum absolute atomic E-state index is 12.2. The van der Waals surface area contributed by atoms with Crippen molar-refractivity contribution in [2.75, 3.05) is 5.32 Å². The predicted octanol–water partition coefficient (Wildman–Crippen LogP) is 5.47. The van der Waals surface area contributed by atoms with Crippen LogP contribution < -0.4 is 5.32 Å². The van der Waals surface area contributed by atoms with Crippen LogP contribution in [0.25, 0.3) is 10.8 Å². The van der Waals surface area contributed by atoms with Gasteiger partial charge in [-0.25, -0.2) is 4.79 Å². The second-order valence-electron chi connectivity index (χ2n) is 7.43. The SMILES string of the molecule is C=CCC(CC=C)c1ccc(NC(=O)OC(C)(C)C)c2c(O)n(C)cc12. The number of aromatic nitrogens is 1. The number of allylic oxidation sites excluding steroid dienone is 2. The standard InChI is InChI=1S/C21H28N2O3/c1-7-9-14(10-8-2)15-11-12-17(22-20(25)26-21(3,4)5)18-16(15)13-23(6)19(18)24/h7-8,11-14,24H,1-2,9-10H2,3-6H3,(H,22,25). The van der Waals surface area contributed by atoms with Crippen molar-refractivity contribution < 1.29 is 14.6 Å². The molecule has 1 amide bonds. The van der Waals surface area contributed by atoms with Gasteiger partial charge in [0, 0.05) is 18.6 Å². The second kappa shape index (κ2) is 7.68. The maximum atomic E-state index is 12.2. The molecule has 1 aromatic heterocycles. The number of hydrogen-bond acceptors (Lipinski definition) is 3. The molecule has 2 aromatic rings. The van der Waals surface area contributed by atoms with Gasteiger partial charge in [-0.05, 0) is 51.2 Å². The van der Waals surface area contributed by atoms with Crippen LogP contribution in [-0.4, -0.2) is 21.4 Å². The van der Waals surface area contributed by atoms with Crippen molar-refractivity contribution in [3.63, 3.8) is 0 Å². The topological polar surface area (TPSA) is 63.5 Å². The summed E-state index contributed by atoms with van der Waals surface area (Å²) in [5.41, 5.74) is 1.01. The molecule has 0 aliphatic rings. The fourth-order valence-corrected chi connectivity index (χ4v) is 3.07. The van der Waals surface area contributed by atoms with Gasteiger partial charge in [0.05, 0.1) is 11.1 Å². The summed E-state index contributed by atoms with van der Waals surface area (Å²) in [5, 5.41) is 14.8. The number of nitrogens with one attached hydrogen (secondary N) is 1. The number of rotatable bonds is 6. The van der Waals surface area contributed by atoms with Crippen LogP contribution in [0.3, 0.4) is 0 Å². The molecular formula is C21H28N2O3. The Morgan fingerprint density at radius 3 is 2.46 bits per heavy atom. The molecule has 140 valence electrons. The van der Waals surface area contributed by atoms with E-state index in [0.29, 0.717) is 11.1 Å². The molecule has 5 nitrogen and oxygen atoms in total. The van der Waals surface area contributed by atoms with Gasteiger partial charge < -0.3 is 14.4 Å². The summed E-state index contributed by atoms with van der Waals surface area (Å²) in [6.45, 7) is 13.1. The van der Waals surface area contributed by atoms with Gasteiger partial charge in [-0.1, -0.05) is 18.2 Å². The quantitative estimate of drug-likeness (QED) is 0.675. The van der Waals surface area contributed by atoms with Gasteiger partial charge in [0.25, 0.3) is 0 Å². The van der Waals surface area contributed by atoms with Gasteiger partial charge in [-0.2, -0.15) is 0 Å². The largest absolute Gasteiger partial charge is 0.494 e. The first kappa shape index (κ1) is 19.6. The molecular weight excluding hydrogens is 328 g/mol. The third-order valence-electron chi connectivity index (χ3n) is 4.14. The number of aryl methyl sites for hydroxylation is 1. The predicted molar refractivity (Wildman–Crippen MR) is 107 cm³/mol. The highest BCUT2D eigenvalue weighted by Gasteiger charge is 2.21. The van der Waals surface area contributed by atoms with Gasteiger partial charge in [0.2, 0.25) is 5.88 Å². The molecule has 5 heteroatoms. The van der Waals surface area contributed by atoms with Crippen molar-refractivity contribution in [3.8, 4) is 5.88 Å². The third kappa shape index (κ3) is 4.28. The number of anilines is 1. The number of benzene rings is 1. The molecule has 0 unspecified atom stereocenters. The number of carbonyl (C=O) groups is 1. The van der Waals surface area contributed by atoms with Crippen molar-refractivity contribution in [2.24, 2.45) is 7.05 Å². The zero-order chi connectivity index (χ0) is 19.5. The molecule has 26 heavy (non-hydrogen) atoms. The number of aromatic hydroxyl groups is 1. The van der Waals surface area contributed by atoms with Gasteiger partial charge in [-0.15, -0.1) is 13.2 Å². The van der Waals surface area contributed by atoms with Crippen LogP contribution in [0.2, 0.25) is 0 Å². The lowest BCUT2D eigenvalue weighted by Gasteiger charge is -2.20. The van der Waals surface area contributed by atoms with Crippen LogP contribution in [0.4, 0.5) is 10.5 Å². The summed E-state index contributed by atoms with van der Waals surface area (Å²) in [4.78, 5) is 12.2. The zero-order valence-corrected chi connectivity index (χ0v) is 16.0. The molecule has 2 N–H and O–H groups in total. The van der Waals surface area contributed by atoms with Crippen molar-refractivity contribution in [1.82, 2.24) is 4.57 Å². The molecule has 2 rings (SSSR count). The van der Waals surface area contributed by atoms with Gasteiger partial charge in [0.15, 0.2) is 0 Å². The Hall–Kier alpha value is -2.69. The van der Waals surface area contributed by atoms with E-state index < -0.39 is 11.7 Å². The lowest BCUT2D eigenvalue weighted by molar-refractivity contribution is 0.0636. The van der Waals surface area contributed by atoms with Gasteiger partial charge in [-0.3, -0.25) is 5.32 Å². The van der Waals surface area contributed by atoms with E-state index in [2.05, 4.69) is 18.5 Å². The number of fused-ring (bicyclic) bond motifs is 1. The van der Waals surface area contributed by atoms with Crippen LogP contribution in [0.5, 0.6) is 5.88 Å². The van der Waals surface area contributed by atoms with Gasteiger partial charge in [0.1, 0.15) is 5.60 Å². The average molecular weight is 356 g/mol. The molecule has 0 radical (unpaired) electrons. The molecule has 0 fully saturated rings. The molecule has 0 atom stereocenters. The molecule has 0 bridgehead atoms. The van der Waals surface area contributed by atoms with Crippen LogP contribution >= 0.6 is 0 Å². The highest BCUT2D eigenvalue weighted by Crippen LogP contribution is 2.40. The molecule has 0 spiro atoms. The molecule has 0 aliphatic carbocycles. The number of nitrogens with zero attached hydrogens (tertiary/aromatic N) is 1. The van der Waals surface area contributed by atoms with Crippen molar-refractivity contribution in [2.45, 2.75) is 45.1 Å². The fourth-order valence-electron chi connectivity index (χ4n) is 3.07. The Morgan fingerprint density at radius 2 is 1.92 bits per heavy atom. The third-order valence-corrected chi connectivity index (χ3v) is 4.14. The number of amides is 1. The summed E-state index contributed by atoms with van der Waals surface area (Å²) in [7, 11) is 1.77. The number of carbonyl (C=O) groups excluding carboxylic acids is 1. The van der Waals surface area contributed by atoms with Crippen LogP contribution in [0.15, 0.2) is 43.6 Å². The minimum absolute atomic E-state index is 0.101. The van der Waals surface area contributed by atoms with Crippen LogP contribution in [0.1, 0.15) is 45.1 Å². The maximum Gasteiger partial charge on any atom is 0.412 e. The first-order valence-corrected chi connectivity index (χ1v) is 8.70. The van der Waals surface area contributed by atoms with E-state index in [4.69, 9.17) is 4.74 Å². The summed E-state index contributed by atoms with van der Waals surface area (Å²) in [5.74, 6) is 0.314. The number of ether oxygens (including phenoxy) is 1. The van der Waals surface area contributed by atoms with Crippen LogP contribution in [0, 0.1) is 0 Å². The Labute approximate surface area is 155 Å². The molecule has 1 aromatic carbocycles. The molecule has 1 heterocycles. The highest BCUT2D eigenvalue weighted by atomic mass is 16.6. The molecule has 0 aliphatic heterocycles. The Morgan fingerprint density at radius 1 is 1.31 bits per heavy atom.